The van der Waals surface area contributed by atoms with Crippen molar-refractivity contribution in [3.05, 3.63) is 45.1 Å². The van der Waals surface area contributed by atoms with E-state index in [1.165, 1.54) is 18.2 Å². The van der Waals surface area contributed by atoms with Crippen molar-refractivity contribution in [3.63, 3.8) is 0 Å². The molecule has 0 radical (unpaired) electrons. The van der Waals surface area contributed by atoms with Gasteiger partial charge in [0.1, 0.15) is 5.82 Å². The molecule has 5 heteroatoms. The summed E-state index contributed by atoms with van der Waals surface area (Å²) in [7, 11) is 0. The molecule has 0 fully saturated rings. The van der Waals surface area contributed by atoms with E-state index in [0.717, 1.165) is 10.7 Å². The lowest BCUT2D eigenvalue weighted by Gasteiger charge is -2.06. The molecule has 84 valence electrons. The summed E-state index contributed by atoms with van der Waals surface area (Å²) in [5.74, 6) is -0.304. The van der Waals surface area contributed by atoms with Crippen molar-refractivity contribution in [2.24, 2.45) is 0 Å². The SMILES string of the molecule is Cc1nc(CNc2cc(F)ccc2Cl)cs1. The molecular formula is C11H10ClFN2S. The number of aromatic nitrogens is 1. The zero-order chi connectivity index (χ0) is 11.5. The number of nitrogens with one attached hydrogen (secondary N) is 1. The standard InChI is InChI=1S/C11H10ClFN2S/c1-7-15-9(6-16-7)5-14-11-4-8(13)2-3-10(11)12/h2-4,6,14H,5H2,1H3. The molecule has 2 nitrogen and oxygen atoms in total. The predicted octanol–water partition coefficient (Wildman–Crippen LogP) is 3.86. The molecule has 2 rings (SSSR count). The van der Waals surface area contributed by atoms with Crippen molar-refractivity contribution in [3.8, 4) is 0 Å². The quantitative estimate of drug-likeness (QED) is 0.902. The van der Waals surface area contributed by atoms with Gasteiger partial charge in [-0.2, -0.15) is 0 Å². The van der Waals surface area contributed by atoms with Crippen molar-refractivity contribution >= 4 is 28.6 Å². The van der Waals surface area contributed by atoms with Gasteiger partial charge in [-0.15, -0.1) is 11.3 Å². The molecule has 0 saturated heterocycles. The minimum atomic E-state index is -0.304. The van der Waals surface area contributed by atoms with E-state index in [1.54, 1.807) is 11.3 Å². The van der Waals surface area contributed by atoms with Gasteiger partial charge in [-0.1, -0.05) is 11.6 Å². The van der Waals surface area contributed by atoms with Gasteiger partial charge in [0.25, 0.3) is 0 Å². The maximum absolute atomic E-state index is 13.0. The van der Waals surface area contributed by atoms with Gasteiger partial charge in [0, 0.05) is 5.38 Å². The topological polar surface area (TPSA) is 24.9 Å². The van der Waals surface area contributed by atoms with Gasteiger partial charge in [-0.05, 0) is 25.1 Å². The summed E-state index contributed by atoms with van der Waals surface area (Å²) >= 11 is 7.51. The summed E-state index contributed by atoms with van der Waals surface area (Å²) < 4.78 is 13.0. The smallest absolute Gasteiger partial charge is 0.125 e. The second-order valence-corrected chi connectivity index (χ2v) is 4.81. The second-order valence-electron chi connectivity index (χ2n) is 3.34. The molecule has 0 aliphatic carbocycles. The number of benzene rings is 1. The second kappa shape index (κ2) is 4.80. The summed E-state index contributed by atoms with van der Waals surface area (Å²) in [6, 6.07) is 4.24. The summed E-state index contributed by atoms with van der Waals surface area (Å²) in [5, 5.41) is 6.55. The van der Waals surface area contributed by atoms with Crippen molar-refractivity contribution in [2.75, 3.05) is 5.32 Å². The van der Waals surface area contributed by atoms with Gasteiger partial charge in [-0.3, -0.25) is 0 Å². The van der Waals surface area contributed by atoms with Gasteiger partial charge in [0.2, 0.25) is 0 Å². The summed E-state index contributed by atoms with van der Waals surface area (Å²) in [6.07, 6.45) is 0. The first kappa shape index (κ1) is 11.4. The Morgan fingerprint density at radius 3 is 3.00 bits per heavy atom. The van der Waals surface area contributed by atoms with E-state index >= 15 is 0 Å². The predicted molar refractivity (Wildman–Crippen MR) is 65.6 cm³/mol. The molecule has 0 amide bonds. The Kier molecular flexibility index (Phi) is 3.41. The van der Waals surface area contributed by atoms with Gasteiger partial charge < -0.3 is 5.32 Å². The molecule has 0 atom stereocenters. The summed E-state index contributed by atoms with van der Waals surface area (Å²) in [6.45, 7) is 2.50. The molecule has 1 aromatic carbocycles. The minimum absolute atomic E-state index is 0.304. The lowest BCUT2D eigenvalue weighted by atomic mass is 10.3. The lowest BCUT2D eigenvalue weighted by Crippen LogP contribution is -2.00. The molecule has 16 heavy (non-hydrogen) atoms. The number of hydrogen-bond donors (Lipinski definition) is 1. The fourth-order valence-electron chi connectivity index (χ4n) is 1.31. The number of thiazole rings is 1. The van der Waals surface area contributed by atoms with E-state index in [4.69, 9.17) is 11.6 Å². The van der Waals surface area contributed by atoms with E-state index in [9.17, 15) is 4.39 Å². The number of aryl methyl sites for hydroxylation is 1. The van der Waals surface area contributed by atoms with Crippen LogP contribution in [0.2, 0.25) is 5.02 Å². The van der Waals surface area contributed by atoms with E-state index in [0.29, 0.717) is 17.3 Å². The molecule has 1 aromatic heterocycles. The van der Waals surface area contributed by atoms with E-state index in [1.807, 2.05) is 12.3 Å². The molecule has 0 spiro atoms. The van der Waals surface area contributed by atoms with Gasteiger partial charge in [0.05, 0.1) is 28.0 Å². The van der Waals surface area contributed by atoms with Crippen LogP contribution < -0.4 is 5.32 Å². The van der Waals surface area contributed by atoms with Crippen molar-refractivity contribution in [1.29, 1.82) is 0 Å². The highest BCUT2D eigenvalue weighted by Gasteiger charge is 2.03. The Morgan fingerprint density at radius 1 is 1.50 bits per heavy atom. The van der Waals surface area contributed by atoms with Gasteiger partial charge in [0.15, 0.2) is 0 Å². The zero-order valence-electron chi connectivity index (χ0n) is 8.63. The molecular weight excluding hydrogens is 247 g/mol. The molecule has 0 unspecified atom stereocenters. The van der Waals surface area contributed by atoms with Crippen molar-refractivity contribution in [1.82, 2.24) is 4.98 Å². The molecule has 0 saturated carbocycles. The van der Waals surface area contributed by atoms with E-state index < -0.39 is 0 Å². The Labute approximate surface area is 102 Å². The maximum Gasteiger partial charge on any atom is 0.125 e. The van der Waals surface area contributed by atoms with Gasteiger partial charge >= 0.3 is 0 Å². The number of hydrogen-bond acceptors (Lipinski definition) is 3. The van der Waals surface area contributed by atoms with Gasteiger partial charge in [-0.25, -0.2) is 9.37 Å². The molecule has 0 aliphatic heterocycles. The fourth-order valence-corrected chi connectivity index (χ4v) is 2.11. The molecule has 2 aromatic rings. The Bertz CT molecular complexity index is 498. The molecule has 1 heterocycles. The highest BCUT2D eigenvalue weighted by molar-refractivity contribution is 7.09. The maximum atomic E-state index is 13.0. The van der Waals surface area contributed by atoms with Crippen LogP contribution in [0.5, 0.6) is 0 Å². The van der Waals surface area contributed by atoms with Crippen LogP contribution in [-0.4, -0.2) is 4.98 Å². The normalized spacial score (nSPS) is 10.4. The summed E-state index contributed by atoms with van der Waals surface area (Å²) in [4.78, 5) is 4.30. The highest BCUT2D eigenvalue weighted by atomic mass is 35.5. The molecule has 0 bridgehead atoms. The van der Waals surface area contributed by atoms with Crippen LogP contribution in [0.4, 0.5) is 10.1 Å². The van der Waals surface area contributed by atoms with E-state index in [2.05, 4.69) is 10.3 Å². The number of nitrogens with zero attached hydrogens (tertiary/aromatic N) is 1. The van der Waals surface area contributed by atoms with Crippen LogP contribution in [0.25, 0.3) is 0 Å². The van der Waals surface area contributed by atoms with Crippen molar-refractivity contribution < 1.29 is 4.39 Å². The third-order valence-corrected chi connectivity index (χ3v) is 3.21. The number of anilines is 1. The van der Waals surface area contributed by atoms with Crippen LogP contribution in [0.1, 0.15) is 10.7 Å². The third-order valence-electron chi connectivity index (χ3n) is 2.05. The van der Waals surface area contributed by atoms with E-state index in [-0.39, 0.29) is 5.82 Å². The average molecular weight is 257 g/mol. The minimum Gasteiger partial charge on any atom is -0.378 e. The fraction of sp³-hybridized carbons (Fsp3) is 0.182. The van der Waals surface area contributed by atoms with Crippen LogP contribution in [0, 0.1) is 12.7 Å². The van der Waals surface area contributed by atoms with Crippen LogP contribution in [-0.2, 0) is 6.54 Å². The first-order chi connectivity index (χ1) is 7.65. The Balaban J connectivity index is 2.07. The highest BCUT2D eigenvalue weighted by Crippen LogP contribution is 2.23. The van der Waals surface area contributed by atoms with Crippen LogP contribution in [0.15, 0.2) is 23.6 Å². The van der Waals surface area contributed by atoms with Crippen LogP contribution >= 0.6 is 22.9 Å². The average Bonchev–Trinajstić information content (AvgIpc) is 2.66. The third kappa shape index (κ3) is 2.71. The Morgan fingerprint density at radius 2 is 2.31 bits per heavy atom. The monoisotopic (exact) mass is 256 g/mol. The summed E-state index contributed by atoms with van der Waals surface area (Å²) in [5.41, 5.74) is 1.52. The number of rotatable bonds is 3. The molecule has 0 aliphatic rings. The first-order valence-electron chi connectivity index (χ1n) is 4.75. The molecule has 1 N–H and O–H groups in total. The largest absolute Gasteiger partial charge is 0.378 e. The van der Waals surface area contributed by atoms with Crippen molar-refractivity contribution in [2.45, 2.75) is 13.5 Å². The first-order valence-corrected chi connectivity index (χ1v) is 6.01. The Hall–Kier alpha value is -1.13. The zero-order valence-corrected chi connectivity index (χ0v) is 10.2. The number of halogens is 2. The lowest BCUT2D eigenvalue weighted by molar-refractivity contribution is 0.628. The van der Waals surface area contributed by atoms with Crippen LogP contribution in [0.3, 0.4) is 0 Å².